The number of aryl methyl sites for hydroxylation is 5. The van der Waals surface area contributed by atoms with Crippen molar-refractivity contribution in [3.63, 3.8) is 0 Å². The van der Waals surface area contributed by atoms with Gasteiger partial charge in [0.2, 0.25) is 0 Å². The van der Waals surface area contributed by atoms with E-state index in [1.807, 2.05) is 29.9 Å². The molecule has 0 bridgehead atoms. The van der Waals surface area contributed by atoms with Gasteiger partial charge in [0.1, 0.15) is 10.7 Å². The minimum Gasteiger partial charge on any atom is -0.222 e. The standard InChI is InChI=1S/C16H18N4S/c1-9-8-10(2)20(19-9)15-14-12-6-4-5-7-13(12)21-16(14)18-11(3)17-15/h8H,4-7H2,1-3H3. The van der Waals surface area contributed by atoms with Crippen LogP contribution in [0.3, 0.4) is 0 Å². The number of thiophene rings is 1. The van der Waals surface area contributed by atoms with Crippen molar-refractivity contribution in [2.24, 2.45) is 0 Å². The van der Waals surface area contributed by atoms with Crippen molar-refractivity contribution < 1.29 is 0 Å². The van der Waals surface area contributed by atoms with Gasteiger partial charge in [-0.2, -0.15) is 5.10 Å². The lowest BCUT2D eigenvalue weighted by Crippen LogP contribution is -2.07. The van der Waals surface area contributed by atoms with Crippen LogP contribution in [0.2, 0.25) is 0 Å². The zero-order chi connectivity index (χ0) is 14.6. The fourth-order valence-electron chi connectivity index (χ4n) is 3.24. The van der Waals surface area contributed by atoms with E-state index in [2.05, 4.69) is 23.1 Å². The Hall–Kier alpha value is -1.75. The van der Waals surface area contributed by atoms with Gasteiger partial charge in [-0.05, 0) is 58.1 Å². The first-order valence-corrected chi connectivity index (χ1v) is 8.27. The molecule has 0 aliphatic heterocycles. The van der Waals surface area contributed by atoms with Gasteiger partial charge in [0, 0.05) is 10.6 Å². The SMILES string of the molecule is Cc1cc(C)n(-c2nc(C)nc3sc4c(c23)CCCC4)n1. The molecule has 1 aliphatic rings. The second-order valence-corrected chi connectivity index (χ2v) is 6.91. The van der Waals surface area contributed by atoms with Gasteiger partial charge in [-0.3, -0.25) is 0 Å². The van der Waals surface area contributed by atoms with E-state index >= 15 is 0 Å². The average molecular weight is 298 g/mol. The zero-order valence-electron chi connectivity index (χ0n) is 12.6. The van der Waals surface area contributed by atoms with Gasteiger partial charge in [-0.1, -0.05) is 0 Å². The largest absolute Gasteiger partial charge is 0.222 e. The molecule has 1 aliphatic carbocycles. The smallest absolute Gasteiger partial charge is 0.166 e. The third-order valence-electron chi connectivity index (χ3n) is 4.12. The molecule has 108 valence electrons. The Morgan fingerprint density at radius 2 is 1.90 bits per heavy atom. The highest BCUT2D eigenvalue weighted by Gasteiger charge is 2.22. The van der Waals surface area contributed by atoms with Crippen LogP contribution in [0.1, 0.15) is 40.5 Å². The van der Waals surface area contributed by atoms with Crippen molar-refractivity contribution in [3.8, 4) is 5.82 Å². The summed E-state index contributed by atoms with van der Waals surface area (Å²) in [5, 5.41) is 5.86. The molecule has 4 nitrogen and oxygen atoms in total. The number of fused-ring (bicyclic) bond motifs is 3. The van der Waals surface area contributed by atoms with E-state index in [4.69, 9.17) is 4.98 Å². The van der Waals surface area contributed by atoms with E-state index in [-0.39, 0.29) is 0 Å². The Morgan fingerprint density at radius 3 is 2.67 bits per heavy atom. The summed E-state index contributed by atoms with van der Waals surface area (Å²) in [6.07, 6.45) is 4.89. The van der Waals surface area contributed by atoms with Crippen LogP contribution in [0.25, 0.3) is 16.0 Å². The molecule has 0 atom stereocenters. The molecule has 0 radical (unpaired) electrons. The summed E-state index contributed by atoms with van der Waals surface area (Å²) in [7, 11) is 0. The summed E-state index contributed by atoms with van der Waals surface area (Å²) in [4.78, 5) is 12.0. The van der Waals surface area contributed by atoms with Crippen molar-refractivity contribution in [2.75, 3.05) is 0 Å². The third-order valence-corrected chi connectivity index (χ3v) is 5.30. The molecule has 0 spiro atoms. The highest BCUT2D eigenvalue weighted by molar-refractivity contribution is 7.18. The van der Waals surface area contributed by atoms with E-state index in [1.54, 1.807) is 0 Å². The van der Waals surface area contributed by atoms with Crippen molar-refractivity contribution in [2.45, 2.75) is 46.5 Å². The third kappa shape index (κ3) is 1.99. The Kier molecular flexibility index (Phi) is 2.85. The van der Waals surface area contributed by atoms with Crippen LogP contribution in [0.4, 0.5) is 0 Å². The molecule has 0 unspecified atom stereocenters. The summed E-state index contributed by atoms with van der Waals surface area (Å²) < 4.78 is 1.98. The molecular weight excluding hydrogens is 280 g/mol. The van der Waals surface area contributed by atoms with Crippen LogP contribution in [0.5, 0.6) is 0 Å². The molecule has 3 aromatic rings. The van der Waals surface area contributed by atoms with Crippen LogP contribution in [0.15, 0.2) is 6.07 Å². The second kappa shape index (κ2) is 4.63. The van der Waals surface area contributed by atoms with E-state index in [1.165, 1.54) is 35.1 Å². The zero-order valence-corrected chi connectivity index (χ0v) is 13.4. The van der Waals surface area contributed by atoms with Gasteiger partial charge in [0.15, 0.2) is 5.82 Å². The number of hydrogen-bond acceptors (Lipinski definition) is 4. The van der Waals surface area contributed by atoms with Gasteiger partial charge in [-0.15, -0.1) is 11.3 Å². The van der Waals surface area contributed by atoms with Gasteiger partial charge >= 0.3 is 0 Å². The van der Waals surface area contributed by atoms with E-state index in [9.17, 15) is 0 Å². The molecule has 4 rings (SSSR count). The molecule has 0 amide bonds. The molecule has 0 saturated heterocycles. The number of nitrogens with zero attached hydrogens (tertiary/aromatic N) is 4. The predicted molar refractivity (Wildman–Crippen MR) is 85.4 cm³/mol. The Balaban J connectivity index is 2.07. The van der Waals surface area contributed by atoms with Crippen molar-refractivity contribution in [3.05, 3.63) is 33.7 Å². The number of rotatable bonds is 1. The molecule has 0 N–H and O–H groups in total. The summed E-state index contributed by atoms with van der Waals surface area (Å²) >= 11 is 1.84. The Morgan fingerprint density at radius 1 is 1.10 bits per heavy atom. The Labute approximate surface area is 127 Å². The maximum Gasteiger partial charge on any atom is 0.166 e. The first-order valence-electron chi connectivity index (χ1n) is 7.46. The van der Waals surface area contributed by atoms with Crippen LogP contribution in [-0.2, 0) is 12.8 Å². The average Bonchev–Trinajstić information content (AvgIpc) is 2.97. The lowest BCUT2D eigenvalue weighted by atomic mass is 9.97. The monoisotopic (exact) mass is 298 g/mol. The lowest BCUT2D eigenvalue weighted by Gasteiger charge is -2.12. The first-order chi connectivity index (χ1) is 10.1. The molecule has 5 heteroatoms. The van der Waals surface area contributed by atoms with E-state index in [0.717, 1.165) is 34.3 Å². The van der Waals surface area contributed by atoms with Crippen molar-refractivity contribution in [1.82, 2.24) is 19.7 Å². The number of hydrogen-bond donors (Lipinski definition) is 0. The maximum atomic E-state index is 4.72. The van der Waals surface area contributed by atoms with Gasteiger partial charge in [-0.25, -0.2) is 14.6 Å². The Bertz CT molecular complexity index is 844. The predicted octanol–water partition coefficient (Wildman–Crippen LogP) is 3.68. The van der Waals surface area contributed by atoms with Gasteiger partial charge < -0.3 is 0 Å². The lowest BCUT2D eigenvalue weighted by molar-refractivity contribution is 0.699. The van der Waals surface area contributed by atoms with Crippen LogP contribution in [-0.4, -0.2) is 19.7 Å². The summed E-state index contributed by atoms with van der Waals surface area (Å²) in [6, 6.07) is 2.10. The van der Waals surface area contributed by atoms with Gasteiger partial charge in [0.05, 0.1) is 11.1 Å². The van der Waals surface area contributed by atoms with Crippen LogP contribution >= 0.6 is 11.3 Å². The maximum absolute atomic E-state index is 4.72. The fraction of sp³-hybridized carbons (Fsp3) is 0.438. The number of aromatic nitrogens is 4. The van der Waals surface area contributed by atoms with E-state index in [0.29, 0.717) is 0 Å². The molecule has 0 aromatic carbocycles. The molecular formula is C16H18N4S. The molecule has 0 saturated carbocycles. The highest BCUT2D eigenvalue weighted by Crippen LogP contribution is 2.38. The molecule has 21 heavy (non-hydrogen) atoms. The van der Waals surface area contributed by atoms with Gasteiger partial charge in [0.25, 0.3) is 0 Å². The van der Waals surface area contributed by atoms with Crippen LogP contribution < -0.4 is 0 Å². The summed E-state index contributed by atoms with van der Waals surface area (Å²) in [6.45, 7) is 6.08. The summed E-state index contributed by atoms with van der Waals surface area (Å²) in [5.41, 5.74) is 3.62. The highest BCUT2D eigenvalue weighted by atomic mass is 32.1. The summed E-state index contributed by atoms with van der Waals surface area (Å²) in [5.74, 6) is 1.78. The quantitative estimate of drug-likeness (QED) is 0.688. The fourth-order valence-corrected chi connectivity index (χ4v) is 4.54. The minimum atomic E-state index is 0.823. The normalized spacial score (nSPS) is 14.6. The molecule has 3 heterocycles. The topological polar surface area (TPSA) is 43.6 Å². The van der Waals surface area contributed by atoms with Crippen LogP contribution in [0, 0.1) is 20.8 Å². The first kappa shape index (κ1) is 13.0. The minimum absolute atomic E-state index is 0.823. The van der Waals surface area contributed by atoms with E-state index < -0.39 is 0 Å². The van der Waals surface area contributed by atoms with Crippen molar-refractivity contribution >= 4 is 21.6 Å². The molecule has 3 aromatic heterocycles. The molecule has 0 fully saturated rings. The second-order valence-electron chi connectivity index (χ2n) is 5.82. The van der Waals surface area contributed by atoms with Crippen molar-refractivity contribution in [1.29, 1.82) is 0 Å².